The predicted molar refractivity (Wildman–Crippen MR) is 91.7 cm³/mol. The zero-order chi connectivity index (χ0) is 17.9. The summed E-state index contributed by atoms with van der Waals surface area (Å²) in [6.07, 6.45) is 2.90. The van der Waals surface area contributed by atoms with E-state index in [1.807, 2.05) is 19.9 Å². The van der Waals surface area contributed by atoms with Crippen molar-refractivity contribution < 1.29 is 19.1 Å². The van der Waals surface area contributed by atoms with Crippen LogP contribution in [0, 0.1) is 20.8 Å². The fourth-order valence-electron chi connectivity index (χ4n) is 2.38. The zero-order valence-corrected chi connectivity index (χ0v) is 14.4. The molecule has 0 aliphatic rings. The number of fused-ring (bicyclic) bond motifs is 1. The normalized spacial score (nSPS) is 10.2. The van der Waals surface area contributed by atoms with Gasteiger partial charge in [0.1, 0.15) is 0 Å². The van der Waals surface area contributed by atoms with Gasteiger partial charge in [0.05, 0.1) is 31.6 Å². The number of hydrogen-bond acceptors (Lipinski definition) is 6. The topological polar surface area (TPSA) is 77.5 Å². The molecule has 1 heterocycles. The summed E-state index contributed by atoms with van der Waals surface area (Å²) in [7, 11) is 2.40. The lowest BCUT2D eigenvalue weighted by Crippen LogP contribution is -2.17. The second-order valence-corrected chi connectivity index (χ2v) is 5.42. The van der Waals surface area contributed by atoms with Gasteiger partial charge < -0.3 is 14.8 Å². The Kier molecular flexibility index (Phi) is 5.18. The van der Waals surface area contributed by atoms with Crippen LogP contribution in [0.3, 0.4) is 0 Å². The van der Waals surface area contributed by atoms with E-state index in [2.05, 4.69) is 32.8 Å². The first-order valence-electron chi connectivity index (χ1n) is 7.39. The van der Waals surface area contributed by atoms with E-state index in [-0.39, 0.29) is 5.57 Å². The number of nitrogens with one attached hydrogen (secondary N) is 1. The summed E-state index contributed by atoms with van der Waals surface area (Å²) in [5, 5.41) is 3.87. The van der Waals surface area contributed by atoms with Crippen LogP contribution in [0.25, 0.3) is 10.9 Å². The molecular weight excluding hydrogens is 308 g/mol. The van der Waals surface area contributed by atoms with Gasteiger partial charge >= 0.3 is 11.9 Å². The molecule has 0 atom stereocenters. The smallest absolute Gasteiger partial charge is 0.346 e. The highest BCUT2D eigenvalue weighted by atomic mass is 16.5. The third kappa shape index (κ3) is 3.37. The van der Waals surface area contributed by atoms with Crippen molar-refractivity contribution in [2.75, 3.05) is 19.5 Å². The van der Waals surface area contributed by atoms with Crippen molar-refractivity contribution in [2.45, 2.75) is 20.8 Å². The fraction of sp³-hybridized carbons (Fsp3) is 0.278. The molecule has 1 aromatic heterocycles. The summed E-state index contributed by atoms with van der Waals surface area (Å²) in [6, 6.07) is 3.96. The number of hydrogen-bond donors (Lipinski definition) is 1. The van der Waals surface area contributed by atoms with Crippen LogP contribution in [0.5, 0.6) is 0 Å². The standard InChI is InChI=1S/C18H20N2O4/c1-10-6-13-7-14(8-20-16(13)12(3)11(10)2)19-9-15(17(21)23-4)18(22)24-5/h6-9,19H,1-5H3. The van der Waals surface area contributed by atoms with E-state index in [0.29, 0.717) is 5.69 Å². The summed E-state index contributed by atoms with van der Waals surface area (Å²) >= 11 is 0. The van der Waals surface area contributed by atoms with Crippen LogP contribution in [0.15, 0.2) is 30.1 Å². The summed E-state index contributed by atoms with van der Waals surface area (Å²) in [5.41, 5.74) is 4.88. The second-order valence-electron chi connectivity index (χ2n) is 5.42. The summed E-state index contributed by atoms with van der Waals surface area (Å²) in [4.78, 5) is 27.7. The van der Waals surface area contributed by atoms with E-state index in [9.17, 15) is 9.59 Å². The molecule has 0 bridgehead atoms. The highest BCUT2D eigenvalue weighted by molar-refractivity contribution is 6.14. The molecule has 2 rings (SSSR count). The molecular formula is C18H20N2O4. The summed E-state index contributed by atoms with van der Waals surface area (Å²) in [6.45, 7) is 6.16. The first kappa shape index (κ1) is 17.5. The molecule has 0 saturated heterocycles. The largest absolute Gasteiger partial charge is 0.465 e. The molecule has 0 aliphatic heterocycles. The average molecular weight is 328 g/mol. The minimum atomic E-state index is -0.773. The monoisotopic (exact) mass is 328 g/mol. The predicted octanol–water partition coefficient (Wildman–Crippen LogP) is 2.80. The van der Waals surface area contributed by atoms with E-state index in [1.54, 1.807) is 6.20 Å². The molecule has 126 valence electrons. The van der Waals surface area contributed by atoms with Crippen molar-refractivity contribution in [3.63, 3.8) is 0 Å². The van der Waals surface area contributed by atoms with Crippen molar-refractivity contribution in [2.24, 2.45) is 0 Å². The number of benzene rings is 1. The molecule has 0 fully saturated rings. The molecule has 24 heavy (non-hydrogen) atoms. The van der Waals surface area contributed by atoms with E-state index in [4.69, 9.17) is 0 Å². The van der Waals surface area contributed by atoms with E-state index >= 15 is 0 Å². The highest BCUT2D eigenvalue weighted by Crippen LogP contribution is 2.25. The van der Waals surface area contributed by atoms with Crippen LogP contribution in [-0.2, 0) is 19.1 Å². The lowest BCUT2D eigenvalue weighted by atomic mass is 10.00. The van der Waals surface area contributed by atoms with Gasteiger partial charge in [-0.3, -0.25) is 4.98 Å². The Morgan fingerprint density at radius 2 is 1.67 bits per heavy atom. The number of anilines is 1. The van der Waals surface area contributed by atoms with Crippen molar-refractivity contribution in [1.29, 1.82) is 0 Å². The Balaban J connectivity index is 2.39. The molecule has 1 N–H and O–H groups in total. The minimum Gasteiger partial charge on any atom is -0.465 e. The molecule has 1 aromatic carbocycles. The number of ether oxygens (including phenoxy) is 2. The highest BCUT2D eigenvalue weighted by Gasteiger charge is 2.19. The maximum absolute atomic E-state index is 11.6. The number of carbonyl (C=O) groups is 2. The lowest BCUT2D eigenvalue weighted by Gasteiger charge is -2.10. The number of nitrogens with zero attached hydrogens (tertiary/aromatic N) is 1. The number of carbonyl (C=O) groups excluding carboxylic acids is 2. The Morgan fingerprint density at radius 1 is 1.04 bits per heavy atom. The van der Waals surface area contributed by atoms with Crippen LogP contribution in [0.1, 0.15) is 16.7 Å². The number of pyridine rings is 1. The van der Waals surface area contributed by atoms with Gasteiger partial charge in [-0.1, -0.05) is 0 Å². The fourth-order valence-corrected chi connectivity index (χ4v) is 2.38. The summed E-state index contributed by atoms with van der Waals surface area (Å²) < 4.78 is 9.15. The number of esters is 2. The first-order valence-corrected chi connectivity index (χ1v) is 7.39. The Bertz CT molecular complexity index is 823. The molecule has 0 aliphatic carbocycles. The summed E-state index contributed by atoms with van der Waals surface area (Å²) in [5.74, 6) is -1.55. The van der Waals surface area contributed by atoms with Gasteiger partial charge in [0.2, 0.25) is 0 Å². The number of rotatable bonds is 4. The van der Waals surface area contributed by atoms with Crippen LogP contribution in [-0.4, -0.2) is 31.1 Å². The van der Waals surface area contributed by atoms with Gasteiger partial charge in [-0.25, -0.2) is 9.59 Å². The van der Waals surface area contributed by atoms with Gasteiger partial charge in [-0.2, -0.15) is 0 Å². The molecule has 0 spiro atoms. The molecule has 2 aromatic rings. The average Bonchev–Trinajstić information content (AvgIpc) is 2.59. The Morgan fingerprint density at radius 3 is 2.25 bits per heavy atom. The van der Waals surface area contributed by atoms with Gasteiger partial charge in [0.15, 0.2) is 5.57 Å². The van der Waals surface area contributed by atoms with Gasteiger partial charge in [0.25, 0.3) is 0 Å². The first-order chi connectivity index (χ1) is 11.4. The molecule has 0 unspecified atom stereocenters. The quantitative estimate of drug-likeness (QED) is 0.402. The van der Waals surface area contributed by atoms with Crippen LogP contribution in [0.2, 0.25) is 0 Å². The SMILES string of the molecule is COC(=O)C(=CNc1cnc2c(C)c(C)c(C)cc2c1)C(=O)OC. The van der Waals surface area contributed by atoms with Crippen molar-refractivity contribution in [3.05, 3.63) is 46.8 Å². The van der Waals surface area contributed by atoms with Gasteiger partial charge in [-0.05, 0) is 49.6 Å². The zero-order valence-electron chi connectivity index (χ0n) is 14.4. The van der Waals surface area contributed by atoms with E-state index in [0.717, 1.165) is 16.5 Å². The van der Waals surface area contributed by atoms with Crippen molar-refractivity contribution in [3.8, 4) is 0 Å². The molecule has 6 heteroatoms. The van der Waals surface area contributed by atoms with Crippen LogP contribution < -0.4 is 5.32 Å². The second kappa shape index (κ2) is 7.12. The van der Waals surface area contributed by atoms with Crippen molar-refractivity contribution >= 4 is 28.5 Å². The number of aromatic nitrogens is 1. The molecule has 0 radical (unpaired) electrons. The van der Waals surface area contributed by atoms with Crippen LogP contribution in [0.4, 0.5) is 5.69 Å². The third-order valence-electron chi connectivity index (χ3n) is 3.99. The molecule has 6 nitrogen and oxygen atoms in total. The Hall–Kier alpha value is -2.89. The third-order valence-corrected chi connectivity index (χ3v) is 3.99. The number of methoxy groups -OCH3 is 2. The van der Waals surface area contributed by atoms with E-state index in [1.165, 1.54) is 31.5 Å². The maximum Gasteiger partial charge on any atom is 0.346 e. The molecule has 0 saturated carbocycles. The minimum absolute atomic E-state index is 0.226. The maximum atomic E-state index is 11.6. The lowest BCUT2D eigenvalue weighted by molar-refractivity contribution is -0.144. The van der Waals surface area contributed by atoms with Gasteiger partial charge in [-0.15, -0.1) is 0 Å². The van der Waals surface area contributed by atoms with E-state index < -0.39 is 11.9 Å². The van der Waals surface area contributed by atoms with Crippen molar-refractivity contribution in [1.82, 2.24) is 4.98 Å². The van der Waals surface area contributed by atoms with Gasteiger partial charge in [0, 0.05) is 11.6 Å². The number of aryl methyl sites for hydroxylation is 2. The molecule has 0 amide bonds. The Labute approximate surface area is 140 Å². The van der Waals surface area contributed by atoms with Crippen LogP contribution >= 0.6 is 0 Å².